The van der Waals surface area contributed by atoms with Crippen LogP contribution < -0.4 is 14.2 Å². The predicted octanol–water partition coefficient (Wildman–Crippen LogP) is 5.31. The summed E-state index contributed by atoms with van der Waals surface area (Å²) < 4.78 is 18.4. The van der Waals surface area contributed by atoms with Gasteiger partial charge in [-0.2, -0.15) is 0 Å². The van der Waals surface area contributed by atoms with E-state index in [1.54, 1.807) is 6.07 Å². The molecule has 0 radical (unpaired) electrons. The Bertz CT molecular complexity index is 1050. The fourth-order valence-electron chi connectivity index (χ4n) is 4.66. The minimum atomic E-state index is -0.390. The molecule has 30 heavy (non-hydrogen) atoms. The minimum Gasteiger partial charge on any atom is -0.507 e. The van der Waals surface area contributed by atoms with Gasteiger partial charge in [-0.1, -0.05) is 6.07 Å². The lowest BCUT2D eigenvalue weighted by atomic mass is 9.88. The normalized spacial score (nSPS) is 23.2. The second kappa shape index (κ2) is 6.40. The van der Waals surface area contributed by atoms with Crippen molar-refractivity contribution in [3.05, 3.63) is 46.5 Å². The number of hydrogen-bond donors (Lipinski definition) is 1. The SMILES string of the molecule is CC1(C)CCc2cc([C@@H]3CC(=O)c4c(cc5c(c4O)CCC(C)(C)O5)O3)ccc2O1. The van der Waals surface area contributed by atoms with Gasteiger partial charge in [0, 0.05) is 11.6 Å². The number of aromatic hydroxyl groups is 1. The summed E-state index contributed by atoms with van der Waals surface area (Å²) in [7, 11) is 0. The highest BCUT2D eigenvalue weighted by molar-refractivity contribution is 6.03. The third-order valence-electron chi connectivity index (χ3n) is 6.45. The van der Waals surface area contributed by atoms with Crippen molar-refractivity contribution in [2.75, 3.05) is 0 Å². The zero-order valence-electron chi connectivity index (χ0n) is 18.0. The lowest BCUT2D eigenvalue weighted by molar-refractivity contribution is 0.0782. The van der Waals surface area contributed by atoms with E-state index in [9.17, 15) is 9.90 Å². The van der Waals surface area contributed by atoms with Crippen LogP contribution in [0, 0.1) is 0 Å². The molecule has 0 unspecified atom stereocenters. The fraction of sp³-hybridized carbons (Fsp3) is 0.480. The van der Waals surface area contributed by atoms with Crippen molar-refractivity contribution in [3.63, 3.8) is 0 Å². The van der Waals surface area contributed by atoms with Crippen LogP contribution in [-0.4, -0.2) is 22.1 Å². The van der Waals surface area contributed by atoms with Crippen LogP contribution in [0.3, 0.4) is 0 Å². The first-order chi connectivity index (χ1) is 14.1. The quantitative estimate of drug-likeness (QED) is 0.693. The molecular weight excluding hydrogens is 380 g/mol. The maximum absolute atomic E-state index is 13.0. The van der Waals surface area contributed by atoms with Gasteiger partial charge in [-0.25, -0.2) is 0 Å². The maximum atomic E-state index is 13.0. The number of Topliss-reactive ketones (excluding diaryl/α,β-unsaturated/α-hetero) is 1. The fourth-order valence-corrected chi connectivity index (χ4v) is 4.66. The number of carbonyl (C=O) groups excluding carboxylic acids is 1. The highest BCUT2D eigenvalue weighted by Gasteiger charge is 2.37. The van der Waals surface area contributed by atoms with Gasteiger partial charge in [-0.05, 0) is 76.6 Å². The molecule has 0 aromatic heterocycles. The summed E-state index contributed by atoms with van der Waals surface area (Å²) in [6.07, 6.45) is 3.17. The van der Waals surface area contributed by atoms with E-state index in [1.165, 1.54) is 0 Å². The van der Waals surface area contributed by atoms with Gasteiger partial charge in [0.25, 0.3) is 0 Å². The van der Waals surface area contributed by atoms with E-state index in [0.29, 0.717) is 23.5 Å². The molecule has 1 atom stereocenters. The van der Waals surface area contributed by atoms with Crippen molar-refractivity contribution in [2.24, 2.45) is 0 Å². The summed E-state index contributed by atoms with van der Waals surface area (Å²) in [5.41, 5.74) is 2.63. The topological polar surface area (TPSA) is 65.0 Å². The Morgan fingerprint density at radius 3 is 2.40 bits per heavy atom. The van der Waals surface area contributed by atoms with E-state index >= 15 is 0 Å². The molecule has 2 aromatic rings. The molecule has 0 fully saturated rings. The molecule has 158 valence electrons. The Morgan fingerprint density at radius 1 is 0.933 bits per heavy atom. The molecule has 2 aromatic carbocycles. The molecule has 0 amide bonds. The second-order valence-electron chi connectivity index (χ2n) is 9.90. The van der Waals surface area contributed by atoms with Crippen LogP contribution in [0.1, 0.15) is 80.1 Å². The Morgan fingerprint density at radius 2 is 1.63 bits per heavy atom. The number of phenolic OH excluding ortho intramolecular Hbond substituents is 1. The lowest BCUT2D eigenvalue weighted by Gasteiger charge is -2.35. The molecular formula is C25H28O5. The van der Waals surface area contributed by atoms with Gasteiger partial charge in [0.1, 0.15) is 45.9 Å². The van der Waals surface area contributed by atoms with Gasteiger partial charge in [-0.3, -0.25) is 4.79 Å². The Hall–Kier alpha value is -2.69. The molecule has 5 heteroatoms. The number of benzene rings is 2. The summed E-state index contributed by atoms with van der Waals surface area (Å²) in [6, 6.07) is 7.82. The van der Waals surface area contributed by atoms with E-state index in [2.05, 4.69) is 19.9 Å². The molecule has 5 rings (SSSR count). The van der Waals surface area contributed by atoms with Crippen molar-refractivity contribution in [3.8, 4) is 23.0 Å². The first kappa shape index (κ1) is 19.3. The number of phenols is 1. The van der Waals surface area contributed by atoms with Crippen LogP contribution in [0.2, 0.25) is 0 Å². The molecule has 0 saturated carbocycles. The van der Waals surface area contributed by atoms with E-state index < -0.39 is 0 Å². The van der Waals surface area contributed by atoms with Crippen molar-refractivity contribution in [2.45, 2.75) is 77.1 Å². The van der Waals surface area contributed by atoms with Crippen molar-refractivity contribution in [1.82, 2.24) is 0 Å². The largest absolute Gasteiger partial charge is 0.507 e. The van der Waals surface area contributed by atoms with Gasteiger partial charge in [0.2, 0.25) is 0 Å². The van der Waals surface area contributed by atoms with Gasteiger partial charge in [0.15, 0.2) is 5.78 Å². The van der Waals surface area contributed by atoms with Crippen LogP contribution in [0.4, 0.5) is 0 Å². The number of fused-ring (bicyclic) bond motifs is 3. The number of ether oxygens (including phenoxy) is 3. The highest BCUT2D eigenvalue weighted by atomic mass is 16.5. The molecule has 0 bridgehead atoms. The average molecular weight is 408 g/mol. The van der Waals surface area contributed by atoms with Gasteiger partial charge >= 0.3 is 0 Å². The summed E-state index contributed by atoms with van der Waals surface area (Å²) in [5.74, 6) is 1.83. The number of rotatable bonds is 1. The zero-order valence-corrected chi connectivity index (χ0v) is 18.0. The monoisotopic (exact) mass is 408 g/mol. The summed E-state index contributed by atoms with van der Waals surface area (Å²) in [4.78, 5) is 13.0. The van der Waals surface area contributed by atoms with Crippen LogP contribution in [0.15, 0.2) is 24.3 Å². The standard InChI is InChI=1S/C25H28O5/c1-24(2)9-7-15-11-14(5-6-18(15)29-24)19-12-17(26)22-21(28-19)13-20-16(23(22)27)8-10-25(3,4)30-20/h5-6,11,13,19,27H,7-10,12H2,1-4H3/t19-/m0/s1. The number of hydrogen-bond acceptors (Lipinski definition) is 5. The van der Waals surface area contributed by atoms with E-state index in [4.69, 9.17) is 14.2 Å². The number of carbonyl (C=O) groups is 1. The van der Waals surface area contributed by atoms with Gasteiger partial charge in [-0.15, -0.1) is 0 Å². The van der Waals surface area contributed by atoms with Crippen molar-refractivity contribution < 1.29 is 24.1 Å². The van der Waals surface area contributed by atoms with Crippen LogP contribution >= 0.6 is 0 Å². The van der Waals surface area contributed by atoms with Gasteiger partial charge in [0.05, 0.1) is 6.42 Å². The highest BCUT2D eigenvalue weighted by Crippen LogP contribution is 2.48. The molecule has 1 N–H and O–H groups in total. The summed E-state index contributed by atoms with van der Waals surface area (Å²) in [6.45, 7) is 8.25. The summed E-state index contributed by atoms with van der Waals surface area (Å²) >= 11 is 0. The smallest absolute Gasteiger partial charge is 0.174 e. The van der Waals surface area contributed by atoms with E-state index in [1.807, 2.05) is 26.0 Å². The van der Waals surface area contributed by atoms with Gasteiger partial charge < -0.3 is 19.3 Å². The first-order valence-corrected chi connectivity index (χ1v) is 10.7. The van der Waals surface area contributed by atoms with Crippen LogP contribution in [0.5, 0.6) is 23.0 Å². The Kier molecular flexibility index (Phi) is 4.12. The van der Waals surface area contributed by atoms with Crippen LogP contribution in [0.25, 0.3) is 0 Å². The molecule has 3 aliphatic heterocycles. The lowest BCUT2D eigenvalue weighted by Crippen LogP contribution is -2.33. The molecule has 0 aliphatic carbocycles. The van der Waals surface area contributed by atoms with E-state index in [-0.39, 0.29) is 40.8 Å². The molecule has 0 saturated heterocycles. The summed E-state index contributed by atoms with van der Waals surface area (Å²) in [5, 5.41) is 10.8. The zero-order chi connectivity index (χ0) is 21.3. The third kappa shape index (κ3) is 3.21. The minimum absolute atomic E-state index is 0.0162. The first-order valence-electron chi connectivity index (χ1n) is 10.7. The third-order valence-corrected chi connectivity index (χ3v) is 6.45. The van der Waals surface area contributed by atoms with Crippen LogP contribution in [-0.2, 0) is 12.8 Å². The van der Waals surface area contributed by atoms with E-state index in [0.717, 1.165) is 36.1 Å². The van der Waals surface area contributed by atoms with Crippen molar-refractivity contribution in [1.29, 1.82) is 0 Å². The molecule has 3 heterocycles. The average Bonchev–Trinajstić information content (AvgIpc) is 2.65. The Balaban J connectivity index is 1.48. The second-order valence-corrected chi connectivity index (χ2v) is 9.90. The molecule has 0 spiro atoms. The Labute approximate surface area is 177 Å². The molecule has 5 nitrogen and oxygen atoms in total. The number of aryl methyl sites for hydroxylation is 1. The molecule has 3 aliphatic rings. The maximum Gasteiger partial charge on any atom is 0.174 e. The predicted molar refractivity (Wildman–Crippen MR) is 113 cm³/mol. The van der Waals surface area contributed by atoms with Crippen molar-refractivity contribution >= 4 is 5.78 Å². The number of ketones is 1.